The Hall–Kier alpha value is -1.42. The van der Waals surface area contributed by atoms with Crippen LogP contribution in [-0.2, 0) is 4.79 Å². The molecular formula is C15H21FN2O. The zero-order valence-electron chi connectivity index (χ0n) is 11.2. The van der Waals surface area contributed by atoms with Crippen molar-refractivity contribution in [2.45, 2.75) is 44.7 Å². The third-order valence-corrected chi connectivity index (χ3v) is 3.85. The van der Waals surface area contributed by atoms with Gasteiger partial charge in [0.2, 0.25) is 5.91 Å². The fourth-order valence-corrected chi connectivity index (χ4v) is 2.57. The molecule has 1 aliphatic rings. The van der Waals surface area contributed by atoms with Crippen LogP contribution in [0, 0.1) is 11.7 Å². The molecular weight excluding hydrogens is 243 g/mol. The summed E-state index contributed by atoms with van der Waals surface area (Å²) in [6.45, 7) is 1.88. The summed E-state index contributed by atoms with van der Waals surface area (Å²) in [6.07, 6.45) is 3.52. The zero-order chi connectivity index (χ0) is 13.8. The molecule has 1 aliphatic carbocycles. The summed E-state index contributed by atoms with van der Waals surface area (Å²) in [5.74, 6) is -0.165. The summed E-state index contributed by atoms with van der Waals surface area (Å²) in [5, 5.41) is 2.96. The Morgan fingerprint density at radius 1 is 1.37 bits per heavy atom. The minimum atomic E-state index is -0.276. The molecule has 2 rings (SSSR count). The number of hydrogen-bond acceptors (Lipinski definition) is 2. The summed E-state index contributed by atoms with van der Waals surface area (Å²) in [7, 11) is 0. The quantitative estimate of drug-likeness (QED) is 0.881. The van der Waals surface area contributed by atoms with E-state index in [4.69, 9.17) is 5.73 Å². The third kappa shape index (κ3) is 3.77. The van der Waals surface area contributed by atoms with E-state index in [2.05, 4.69) is 5.32 Å². The predicted molar refractivity (Wildman–Crippen MR) is 72.9 cm³/mol. The van der Waals surface area contributed by atoms with Crippen LogP contribution in [0.3, 0.4) is 0 Å². The van der Waals surface area contributed by atoms with Crippen LogP contribution in [0.2, 0.25) is 0 Å². The molecule has 3 N–H and O–H groups in total. The number of rotatable bonds is 3. The summed E-state index contributed by atoms with van der Waals surface area (Å²) >= 11 is 0. The van der Waals surface area contributed by atoms with Gasteiger partial charge in [0, 0.05) is 12.0 Å². The second kappa shape index (κ2) is 6.15. The van der Waals surface area contributed by atoms with Gasteiger partial charge in [-0.1, -0.05) is 12.1 Å². The molecule has 4 heteroatoms. The van der Waals surface area contributed by atoms with E-state index in [0.29, 0.717) is 0 Å². The van der Waals surface area contributed by atoms with Crippen LogP contribution in [-0.4, -0.2) is 11.9 Å². The lowest BCUT2D eigenvalue weighted by Crippen LogP contribution is -2.37. The summed E-state index contributed by atoms with van der Waals surface area (Å²) in [5.41, 5.74) is 6.63. The lowest BCUT2D eigenvalue weighted by Gasteiger charge is -2.26. The molecule has 0 unspecified atom stereocenters. The summed E-state index contributed by atoms with van der Waals surface area (Å²) in [4.78, 5) is 12.1. The standard InChI is InChI=1S/C15H21FN2O/c1-10(12-3-2-4-13(16)9-12)18-15(19)11-5-7-14(17)8-6-11/h2-4,9-11,14H,5-8,17H2,1H3,(H,18,19)/t10-,11?,14?/m1/s1. The van der Waals surface area contributed by atoms with Crippen molar-refractivity contribution >= 4 is 5.91 Å². The smallest absolute Gasteiger partial charge is 0.223 e. The molecule has 1 aromatic carbocycles. The molecule has 0 heterocycles. The normalized spacial score (nSPS) is 24.8. The minimum absolute atomic E-state index is 0.0517. The van der Waals surface area contributed by atoms with E-state index in [1.807, 2.05) is 13.0 Å². The van der Waals surface area contributed by atoms with Gasteiger partial charge in [0.1, 0.15) is 5.82 Å². The molecule has 0 saturated heterocycles. The highest BCUT2D eigenvalue weighted by molar-refractivity contribution is 5.79. The number of benzene rings is 1. The van der Waals surface area contributed by atoms with Crippen LogP contribution < -0.4 is 11.1 Å². The molecule has 1 atom stereocenters. The molecule has 104 valence electrons. The van der Waals surface area contributed by atoms with E-state index in [1.54, 1.807) is 6.07 Å². The molecule has 19 heavy (non-hydrogen) atoms. The first-order valence-electron chi connectivity index (χ1n) is 6.87. The molecule has 3 nitrogen and oxygen atoms in total. The summed E-state index contributed by atoms with van der Waals surface area (Å²) < 4.78 is 13.1. The van der Waals surface area contributed by atoms with Gasteiger partial charge in [-0.25, -0.2) is 4.39 Å². The largest absolute Gasteiger partial charge is 0.349 e. The highest BCUT2D eigenvalue weighted by Crippen LogP contribution is 2.24. The van der Waals surface area contributed by atoms with Gasteiger partial charge in [0.05, 0.1) is 6.04 Å². The van der Waals surface area contributed by atoms with Crippen molar-refractivity contribution in [2.75, 3.05) is 0 Å². The van der Waals surface area contributed by atoms with Crippen molar-refractivity contribution in [1.82, 2.24) is 5.32 Å². The highest BCUT2D eigenvalue weighted by atomic mass is 19.1. The monoisotopic (exact) mass is 264 g/mol. The Bertz CT molecular complexity index is 442. The fraction of sp³-hybridized carbons (Fsp3) is 0.533. The maximum absolute atomic E-state index is 13.1. The van der Waals surface area contributed by atoms with Crippen LogP contribution in [0.5, 0.6) is 0 Å². The lowest BCUT2D eigenvalue weighted by atomic mass is 9.85. The van der Waals surface area contributed by atoms with Crippen molar-refractivity contribution in [2.24, 2.45) is 11.7 Å². The average molecular weight is 264 g/mol. The molecule has 1 aromatic rings. The van der Waals surface area contributed by atoms with Crippen molar-refractivity contribution in [1.29, 1.82) is 0 Å². The van der Waals surface area contributed by atoms with Crippen LogP contribution in [0.1, 0.15) is 44.2 Å². The Balaban J connectivity index is 1.91. The number of halogens is 1. The van der Waals surface area contributed by atoms with Gasteiger partial charge in [-0.15, -0.1) is 0 Å². The van der Waals surface area contributed by atoms with Crippen LogP contribution in [0.4, 0.5) is 4.39 Å². The van der Waals surface area contributed by atoms with E-state index >= 15 is 0 Å². The Morgan fingerprint density at radius 3 is 2.68 bits per heavy atom. The van der Waals surface area contributed by atoms with E-state index in [0.717, 1.165) is 31.2 Å². The van der Waals surface area contributed by atoms with Crippen molar-refractivity contribution in [3.05, 3.63) is 35.6 Å². The van der Waals surface area contributed by atoms with Gasteiger partial charge in [-0.3, -0.25) is 4.79 Å². The number of carbonyl (C=O) groups excluding carboxylic acids is 1. The van der Waals surface area contributed by atoms with Gasteiger partial charge < -0.3 is 11.1 Å². The zero-order valence-corrected chi connectivity index (χ0v) is 11.2. The van der Waals surface area contributed by atoms with Crippen molar-refractivity contribution in [3.63, 3.8) is 0 Å². The second-order valence-corrected chi connectivity index (χ2v) is 5.40. The van der Waals surface area contributed by atoms with E-state index in [1.165, 1.54) is 12.1 Å². The first-order valence-corrected chi connectivity index (χ1v) is 6.87. The van der Waals surface area contributed by atoms with Crippen molar-refractivity contribution < 1.29 is 9.18 Å². The average Bonchev–Trinajstić information content (AvgIpc) is 2.39. The number of carbonyl (C=O) groups is 1. The van der Waals surface area contributed by atoms with Crippen LogP contribution >= 0.6 is 0 Å². The fourth-order valence-electron chi connectivity index (χ4n) is 2.57. The maximum atomic E-state index is 13.1. The molecule has 1 fully saturated rings. The van der Waals surface area contributed by atoms with Crippen LogP contribution in [0.25, 0.3) is 0 Å². The lowest BCUT2D eigenvalue weighted by molar-refractivity contribution is -0.126. The molecule has 1 saturated carbocycles. The maximum Gasteiger partial charge on any atom is 0.223 e. The molecule has 0 aliphatic heterocycles. The molecule has 0 spiro atoms. The van der Waals surface area contributed by atoms with Gasteiger partial charge in [0.25, 0.3) is 0 Å². The Morgan fingerprint density at radius 2 is 2.05 bits per heavy atom. The van der Waals surface area contributed by atoms with Gasteiger partial charge in [-0.05, 0) is 50.3 Å². The minimum Gasteiger partial charge on any atom is -0.349 e. The Labute approximate surface area is 113 Å². The van der Waals surface area contributed by atoms with E-state index < -0.39 is 0 Å². The Kier molecular flexibility index (Phi) is 4.53. The van der Waals surface area contributed by atoms with Gasteiger partial charge in [-0.2, -0.15) is 0 Å². The number of nitrogens with one attached hydrogen (secondary N) is 1. The first-order chi connectivity index (χ1) is 9.06. The molecule has 0 radical (unpaired) electrons. The summed E-state index contributed by atoms with van der Waals surface area (Å²) in [6, 6.07) is 6.42. The third-order valence-electron chi connectivity index (χ3n) is 3.85. The molecule has 1 amide bonds. The van der Waals surface area contributed by atoms with Gasteiger partial charge >= 0.3 is 0 Å². The molecule has 0 bridgehead atoms. The molecule has 0 aromatic heterocycles. The van der Waals surface area contributed by atoms with E-state index in [9.17, 15) is 9.18 Å². The SMILES string of the molecule is C[C@@H](NC(=O)C1CCC(N)CC1)c1cccc(F)c1. The highest BCUT2D eigenvalue weighted by Gasteiger charge is 2.25. The van der Waals surface area contributed by atoms with Crippen LogP contribution in [0.15, 0.2) is 24.3 Å². The topological polar surface area (TPSA) is 55.1 Å². The predicted octanol–water partition coefficient (Wildman–Crippen LogP) is 2.52. The number of amides is 1. The first kappa shape index (κ1) is 14.0. The van der Waals surface area contributed by atoms with E-state index in [-0.39, 0.29) is 29.7 Å². The second-order valence-electron chi connectivity index (χ2n) is 5.40. The van der Waals surface area contributed by atoms with Crippen molar-refractivity contribution in [3.8, 4) is 0 Å². The van der Waals surface area contributed by atoms with Gasteiger partial charge in [0.15, 0.2) is 0 Å². The number of nitrogens with two attached hydrogens (primary N) is 1. The number of hydrogen-bond donors (Lipinski definition) is 2.